The molecule has 2 heteroatoms. The molecule has 0 heterocycles. The molecule has 0 bridgehead atoms. The molecule has 0 aromatic heterocycles. The second kappa shape index (κ2) is 4.16. The Bertz CT molecular complexity index is 123. The third-order valence-corrected chi connectivity index (χ3v) is 1.04. The number of carbonyl (C=O) groups excluding carboxylic acids is 1. The highest BCUT2D eigenvalue weighted by atomic mass is 16.1. The Morgan fingerprint density at radius 1 is 1.67 bits per heavy atom. The van der Waals surface area contributed by atoms with Crippen LogP contribution >= 0.6 is 0 Å². The van der Waals surface area contributed by atoms with Gasteiger partial charge in [0.2, 0.25) is 0 Å². The zero-order valence-corrected chi connectivity index (χ0v) is 6.19. The van der Waals surface area contributed by atoms with Crippen LogP contribution in [0, 0.1) is 5.92 Å². The van der Waals surface area contributed by atoms with Gasteiger partial charge in [-0.3, -0.25) is 0 Å². The van der Waals surface area contributed by atoms with Crippen LogP contribution < -0.4 is 5.32 Å². The molecular weight excluding hydrogens is 114 g/mol. The number of hydrogen-bond acceptors (Lipinski definition) is 2. The third-order valence-electron chi connectivity index (χ3n) is 1.04. The Labute approximate surface area is 56.0 Å². The Morgan fingerprint density at radius 2 is 2.22 bits per heavy atom. The minimum Gasteiger partial charge on any atom is -0.383 e. The molecule has 0 amide bonds. The maximum Gasteiger partial charge on any atom is 0.145 e. The summed E-state index contributed by atoms with van der Waals surface area (Å²) in [5.74, 6) is 2.36. The number of allylic oxidation sites excluding steroid dienone is 1. The van der Waals surface area contributed by atoms with Gasteiger partial charge < -0.3 is 5.32 Å². The van der Waals surface area contributed by atoms with Crippen molar-refractivity contribution in [1.82, 2.24) is 5.32 Å². The Kier molecular flexibility index (Phi) is 3.81. The van der Waals surface area contributed by atoms with Crippen LogP contribution in [0.4, 0.5) is 0 Å². The summed E-state index contributed by atoms with van der Waals surface area (Å²) in [7, 11) is 1.74. The molecule has 0 saturated carbocycles. The van der Waals surface area contributed by atoms with E-state index in [2.05, 4.69) is 19.2 Å². The monoisotopic (exact) mass is 127 g/mol. The average Bonchev–Trinajstić information content (AvgIpc) is 1.82. The largest absolute Gasteiger partial charge is 0.383 e. The number of nitrogens with one attached hydrogen (secondary N) is 1. The molecule has 0 atom stereocenters. The summed E-state index contributed by atoms with van der Waals surface area (Å²) in [4.78, 5) is 10.0. The maximum atomic E-state index is 10.0. The lowest BCUT2D eigenvalue weighted by molar-refractivity contribution is 0.556. The zero-order chi connectivity index (χ0) is 7.28. The van der Waals surface area contributed by atoms with Crippen molar-refractivity contribution >= 4 is 5.94 Å². The van der Waals surface area contributed by atoms with Crippen LogP contribution in [0.5, 0.6) is 0 Å². The van der Waals surface area contributed by atoms with Crippen molar-refractivity contribution in [3.63, 3.8) is 0 Å². The highest BCUT2D eigenvalue weighted by molar-refractivity contribution is 5.51. The molecule has 0 aromatic carbocycles. The van der Waals surface area contributed by atoms with E-state index in [1.165, 1.54) is 0 Å². The molecule has 1 N–H and O–H groups in total. The fourth-order valence-electron chi connectivity index (χ4n) is 0.603. The maximum absolute atomic E-state index is 10.0. The zero-order valence-electron chi connectivity index (χ0n) is 6.19. The normalized spacial score (nSPS) is 8.89. The predicted octanol–water partition coefficient (Wildman–Crippen LogP) is 0.967. The van der Waals surface area contributed by atoms with E-state index in [4.69, 9.17) is 0 Å². The van der Waals surface area contributed by atoms with Gasteiger partial charge in [0.1, 0.15) is 5.94 Å². The molecule has 52 valence electrons. The van der Waals surface area contributed by atoms with E-state index in [9.17, 15) is 4.79 Å². The molecule has 0 fully saturated rings. The van der Waals surface area contributed by atoms with Gasteiger partial charge in [-0.05, 0) is 5.92 Å². The van der Waals surface area contributed by atoms with E-state index < -0.39 is 0 Å². The highest BCUT2D eigenvalue weighted by Gasteiger charge is 1.97. The van der Waals surface area contributed by atoms with E-state index in [1.807, 2.05) is 5.94 Å². The highest BCUT2D eigenvalue weighted by Crippen LogP contribution is 2.03. The molecule has 0 saturated heterocycles. The topological polar surface area (TPSA) is 29.1 Å². The predicted molar refractivity (Wildman–Crippen MR) is 37.7 cm³/mol. The van der Waals surface area contributed by atoms with Crippen molar-refractivity contribution in [3.05, 3.63) is 5.70 Å². The molecule has 0 radical (unpaired) electrons. The van der Waals surface area contributed by atoms with Crippen molar-refractivity contribution < 1.29 is 4.79 Å². The summed E-state index contributed by atoms with van der Waals surface area (Å²) in [6.45, 7) is 4.13. The van der Waals surface area contributed by atoms with Crippen LogP contribution in [0.15, 0.2) is 5.70 Å². The molecule has 0 aromatic rings. The third kappa shape index (κ3) is 3.80. The minimum absolute atomic E-state index is 0.522. The van der Waals surface area contributed by atoms with E-state index in [0.29, 0.717) is 11.6 Å². The first-order valence-corrected chi connectivity index (χ1v) is 3.12. The van der Waals surface area contributed by atoms with Crippen LogP contribution in [0.2, 0.25) is 0 Å². The number of hydrogen-bond donors (Lipinski definition) is 1. The Balaban J connectivity index is 3.72. The van der Waals surface area contributed by atoms with Crippen LogP contribution in [-0.4, -0.2) is 13.0 Å². The first-order valence-electron chi connectivity index (χ1n) is 3.12. The van der Waals surface area contributed by atoms with Crippen molar-refractivity contribution in [2.75, 3.05) is 7.05 Å². The van der Waals surface area contributed by atoms with Gasteiger partial charge in [0, 0.05) is 13.5 Å². The number of rotatable bonds is 3. The second-order valence-corrected chi connectivity index (χ2v) is 2.43. The quantitative estimate of drug-likeness (QED) is 0.572. The summed E-state index contributed by atoms with van der Waals surface area (Å²) in [6, 6.07) is 0. The van der Waals surface area contributed by atoms with Crippen molar-refractivity contribution in [3.8, 4) is 0 Å². The Hall–Kier alpha value is -0.750. The molecule has 0 aliphatic carbocycles. The average molecular weight is 127 g/mol. The molecular formula is C7H13NO. The molecule has 0 unspecified atom stereocenters. The molecule has 9 heavy (non-hydrogen) atoms. The standard InChI is InChI=1S/C7H13NO/c1-6(2)4-7(5-9)8-3/h6,8H,4H2,1-3H3. The molecule has 0 rings (SSSR count). The van der Waals surface area contributed by atoms with Gasteiger partial charge in [-0.2, -0.15) is 0 Å². The first-order chi connectivity index (χ1) is 4.20. The van der Waals surface area contributed by atoms with Crippen molar-refractivity contribution in [2.24, 2.45) is 5.92 Å². The van der Waals surface area contributed by atoms with Crippen molar-refractivity contribution in [2.45, 2.75) is 20.3 Å². The summed E-state index contributed by atoms with van der Waals surface area (Å²) in [5.41, 5.74) is 0.657. The van der Waals surface area contributed by atoms with Gasteiger partial charge in [-0.1, -0.05) is 13.8 Å². The Morgan fingerprint density at radius 3 is 2.33 bits per heavy atom. The van der Waals surface area contributed by atoms with E-state index in [1.54, 1.807) is 7.05 Å². The fraction of sp³-hybridized carbons (Fsp3) is 0.714. The minimum atomic E-state index is 0.522. The van der Waals surface area contributed by atoms with Crippen molar-refractivity contribution in [1.29, 1.82) is 0 Å². The first kappa shape index (κ1) is 8.25. The van der Waals surface area contributed by atoms with E-state index >= 15 is 0 Å². The van der Waals surface area contributed by atoms with Crippen LogP contribution in [0.1, 0.15) is 20.3 Å². The second-order valence-electron chi connectivity index (χ2n) is 2.43. The van der Waals surface area contributed by atoms with Gasteiger partial charge in [0.05, 0.1) is 5.70 Å². The van der Waals surface area contributed by atoms with Gasteiger partial charge in [-0.25, -0.2) is 4.79 Å². The van der Waals surface area contributed by atoms with Gasteiger partial charge in [-0.15, -0.1) is 0 Å². The summed E-state index contributed by atoms with van der Waals surface area (Å²) >= 11 is 0. The van der Waals surface area contributed by atoms with Crippen LogP contribution in [0.25, 0.3) is 0 Å². The summed E-state index contributed by atoms with van der Waals surface area (Å²) < 4.78 is 0. The fourth-order valence-corrected chi connectivity index (χ4v) is 0.603. The molecule has 0 spiro atoms. The summed E-state index contributed by atoms with van der Waals surface area (Å²) in [5, 5.41) is 2.78. The van der Waals surface area contributed by atoms with Gasteiger partial charge >= 0.3 is 0 Å². The van der Waals surface area contributed by atoms with E-state index in [0.717, 1.165) is 6.42 Å². The lowest BCUT2D eigenvalue weighted by Crippen LogP contribution is -2.08. The lowest BCUT2D eigenvalue weighted by Gasteiger charge is -2.03. The van der Waals surface area contributed by atoms with E-state index in [-0.39, 0.29) is 0 Å². The van der Waals surface area contributed by atoms with Crippen LogP contribution in [0.3, 0.4) is 0 Å². The SMILES string of the molecule is CNC(=C=O)CC(C)C. The summed E-state index contributed by atoms with van der Waals surface area (Å²) in [6.07, 6.45) is 0.792. The lowest BCUT2D eigenvalue weighted by atomic mass is 10.1. The molecule has 0 aliphatic rings. The molecule has 2 nitrogen and oxygen atoms in total. The smallest absolute Gasteiger partial charge is 0.145 e. The van der Waals surface area contributed by atoms with Gasteiger partial charge in [0.25, 0.3) is 0 Å². The van der Waals surface area contributed by atoms with Crippen LogP contribution in [-0.2, 0) is 4.79 Å². The van der Waals surface area contributed by atoms with Gasteiger partial charge in [0.15, 0.2) is 0 Å². The molecule has 0 aliphatic heterocycles.